The molecule has 0 aliphatic carbocycles. The summed E-state index contributed by atoms with van der Waals surface area (Å²) < 4.78 is 10.8. The number of aromatic nitrogens is 1. The summed E-state index contributed by atoms with van der Waals surface area (Å²) in [5.41, 5.74) is -0.195. The van der Waals surface area contributed by atoms with E-state index in [4.69, 9.17) is 9.47 Å². The van der Waals surface area contributed by atoms with E-state index < -0.39 is 5.60 Å². The summed E-state index contributed by atoms with van der Waals surface area (Å²) in [7, 11) is 0. The molecule has 1 heterocycles. The fraction of sp³-hybridized carbons (Fsp3) is 0.333. The van der Waals surface area contributed by atoms with E-state index in [9.17, 15) is 4.79 Å². The molecule has 0 aliphatic rings. The number of nitrogens with zero attached hydrogens (tertiary/aromatic N) is 1. The van der Waals surface area contributed by atoms with Crippen molar-refractivity contribution < 1.29 is 14.3 Å². The van der Waals surface area contributed by atoms with Crippen LogP contribution in [0.25, 0.3) is 10.9 Å². The van der Waals surface area contributed by atoms with Crippen molar-refractivity contribution in [2.75, 3.05) is 6.61 Å². The van der Waals surface area contributed by atoms with Crippen LogP contribution in [0.5, 0.6) is 5.75 Å². The van der Waals surface area contributed by atoms with Gasteiger partial charge >= 0.3 is 5.97 Å². The van der Waals surface area contributed by atoms with Crippen LogP contribution in [0.15, 0.2) is 36.5 Å². The molecule has 0 amide bonds. The summed E-state index contributed by atoms with van der Waals surface area (Å²) in [5.74, 6) is 0.250. The molecule has 0 spiro atoms. The van der Waals surface area contributed by atoms with Crippen molar-refractivity contribution in [3.8, 4) is 5.75 Å². The van der Waals surface area contributed by atoms with Gasteiger partial charge in [0.25, 0.3) is 0 Å². The van der Waals surface area contributed by atoms with Gasteiger partial charge in [-0.2, -0.15) is 0 Å². The average Bonchev–Trinajstić information content (AvgIpc) is 2.39. The number of ether oxygens (including phenoxy) is 2. The number of esters is 1. The van der Waals surface area contributed by atoms with Crippen LogP contribution >= 0.6 is 0 Å². The molecule has 0 saturated heterocycles. The van der Waals surface area contributed by atoms with E-state index in [0.29, 0.717) is 12.4 Å². The van der Waals surface area contributed by atoms with E-state index >= 15 is 0 Å². The monoisotopic (exact) mass is 259 g/mol. The van der Waals surface area contributed by atoms with Crippen molar-refractivity contribution in [2.24, 2.45) is 0 Å². The highest BCUT2D eigenvalue weighted by Gasteiger charge is 2.32. The third kappa shape index (κ3) is 2.84. The Balaban J connectivity index is 2.33. The van der Waals surface area contributed by atoms with Crippen LogP contribution in [0.3, 0.4) is 0 Å². The predicted octanol–water partition coefficient (Wildman–Crippen LogP) is 2.96. The minimum atomic E-state index is -1.03. The van der Waals surface area contributed by atoms with Crippen molar-refractivity contribution in [1.82, 2.24) is 4.98 Å². The molecule has 0 atom stereocenters. The molecular formula is C15H17NO3. The van der Waals surface area contributed by atoms with E-state index in [1.54, 1.807) is 27.0 Å². The Morgan fingerprint density at radius 3 is 2.79 bits per heavy atom. The van der Waals surface area contributed by atoms with Crippen LogP contribution in [-0.2, 0) is 9.53 Å². The third-order valence-electron chi connectivity index (χ3n) is 2.74. The van der Waals surface area contributed by atoms with Crippen molar-refractivity contribution in [2.45, 2.75) is 26.4 Å². The van der Waals surface area contributed by atoms with Crippen molar-refractivity contribution in [3.05, 3.63) is 36.5 Å². The molecule has 1 aromatic heterocycles. The first-order valence-electron chi connectivity index (χ1n) is 6.24. The van der Waals surface area contributed by atoms with E-state index in [1.807, 2.05) is 30.3 Å². The molecule has 2 rings (SSSR count). The van der Waals surface area contributed by atoms with Gasteiger partial charge in [-0.05, 0) is 45.0 Å². The van der Waals surface area contributed by atoms with E-state index in [1.165, 1.54) is 0 Å². The average molecular weight is 259 g/mol. The molecule has 0 fully saturated rings. The van der Waals surface area contributed by atoms with Gasteiger partial charge in [0.15, 0.2) is 5.60 Å². The number of fused-ring (bicyclic) bond motifs is 1. The van der Waals surface area contributed by atoms with Crippen LogP contribution in [0.1, 0.15) is 20.8 Å². The Morgan fingerprint density at radius 1 is 1.26 bits per heavy atom. The fourth-order valence-electron chi connectivity index (χ4n) is 1.79. The second kappa shape index (κ2) is 5.26. The minimum Gasteiger partial charge on any atom is -0.475 e. The zero-order valence-corrected chi connectivity index (χ0v) is 11.3. The molecule has 0 unspecified atom stereocenters. The van der Waals surface area contributed by atoms with Gasteiger partial charge in [-0.15, -0.1) is 0 Å². The molecule has 0 radical (unpaired) electrons. The molecule has 4 nitrogen and oxygen atoms in total. The third-order valence-corrected chi connectivity index (χ3v) is 2.74. The second-order valence-electron chi connectivity index (χ2n) is 4.66. The van der Waals surface area contributed by atoms with Crippen LogP contribution in [0, 0.1) is 0 Å². The minimum absolute atomic E-state index is 0.336. The first kappa shape index (κ1) is 13.3. The Morgan fingerprint density at radius 2 is 2.05 bits per heavy atom. The number of carbonyl (C=O) groups is 1. The standard InChI is InChI=1S/C15H17NO3/c1-4-18-14(17)15(2,3)19-13-9-5-8-12-11(13)7-6-10-16-12/h5-10H,4H2,1-3H3. The highest BCUT2D eigenvalue weighted by Crippen LogP contribution is 2.27. The largest absolute Gasteiger partial charge is 0.475 e. The zero-order chi connectivity index (χ0) is 13.9. The number of carbonyl (C=O) groups excluding carboxylic acids is 1. The summed E-state index contributed by atoms with van der Waals surface area (Å²) in [6, 6.07) is 9.34. The number of hydrogen-bond donors (Lipinski definition) is 0. The number of benzene rings is 1. The van der Waals surface area contributed by atoms with Gasteiger partial charge in [-0.3, -0.25) is 4.98 Å². The van der Waals surface area contributed by atoms with Gasteiger partial charge in [0, 0.05) is 11.6 Å². The quantitative estimate of drug-likeness (QED) is 0.792. The van der Waals surface area contributed by atoms with Gasteiger partial charge in [0.1, 0.15) is 5.75 Å². The SMILES string of the molecule is CCOC(=O)C(C)(C)Oc1cccc2ncccc12. The lowest BCUT2D eigenvalue weighted by atomic mass is 10.1. The molecule has 4 heteroatoms. The molecule has 0 bridgehead atoms. The summed E-state index contributed by atoms with van der Waals surface area (Å²) in [6.07, 6.45) is 1.72. The van der Waals surface area contributed by atoms with Crippen LogP contribution < -0.4 is 4.74 Å². The maximum absolute atomic E-state index is 11.8. The summed E-state index contributed by atoms with van der Waals surface area (Å²) in [5, 5.41) is 0.877. The van der Waals surface area contributed by atoms with E-state index in [2.05, 4.69) is 4.98 Å². The Bertz CT molecular complexity index is 587. The van der Waals surface area contributed by atoms with Gasteiger partial charge in [0.05, 0.1) is 12.1 Å². The molecule has 100 valence electrons. The van der Waals surface area contributed by atoms with Crippen LogP contribution in [0.2, 0.25) is 0 Å². The van der Waals surface area contributed by atoms with Crippen LogP contribution in [0.4, 0.5) is 0 Å². The molecule has 1 aromatic carbocycles. The topological polar surface area (TPSA) is 48.4 Å². The van der Waals surface area contributed by atoms with Gasteiger partial charge in [-0.25, -0.2) is 4.79 Å². The van der Waals surface area contributed by atoms with Gasteiger partial charge in [0.2, 0.25) is 0 Å². The maximum atomic E-state index is 11.8. The lowest BCUT2D eigenvalue weighted by Gasteiger charge is -2.24. The molecule has 0 N–H and O–H groups in total. The smallest absolute Gasteiger partial charge is 0.349 e. The number of rotatable bonds is 4. The Kier molecular flexibility index (Phi) is 3.69. The molecule has 2 aromatic rings. The zero-order valence-electron chi connectivity index (χ0n) is 11.3. The van der Waals surface area contributed by atoms with Crippen molar-refractivity contribution in [3.63, 3.8) is 0 Å². The normalized spacial score (nSPS) is 11.3. The first-order chi connectivity index (χ1) is 9.04. The summed E-state index contributed by atoms with van der Waals surface area (Å²) in [6.45, 7) is 5.50. The summed E-state index contributed by atoms with van der Waals surface area (Å²) >= 11 is 0. The Labute approximate surface area is 112 Å². The van der Waals surface area contributed by atoms with Gasteiger partial charge < -0.3 is 9.47 Å². The lowest BCUT2D eigenvalue weighted by molar-refractivity contribution is -0.158. The number of pyridine rings is 1. The van der Waals surface area contributed by atoms with E-state index in [0.717, 1.165) is 10.9 Å². The molecule has 19 heavy (non-hydrogen) atoms. The second-order valence-corrected chi connectivity index (χ2v) is 4.66. The highest BCUT2D eigenvalue weighted by atomic mass is 16.6. The molecule has 0 aliphatic heterocycles. The summed E-state index contributed by atoms with van der Waals surface area (Å²) in [4.78, 5) is 16.1. The van der Waals surface area contributed by atoms with E-state index in [-0.39, 0.29) is 5.97 Å². The van der Waals surface area contributed by atoms with Crippen LogP contribution in [-0.4, -0.2) is 23.2 Å². The Hall–Kier alpha value is -2.10. The first-order valence-corrected chi connectivity index (χ1v) is 6.24. The number of hydrogen-bond acceptors (Lipinski definition) is 4. The fourth-order valence-corrected chi connectivity index (χ4v) is 1.79. The maximum Gasteiger partial charge on any atom is 0.349 e. The van der Waals surface area contributed by atoms with Gasteiger partial charge in [-0.1, -0.05) is 6.07 Å². The highest BCUT2D eigenvalue weighted by molar-refractivity contribution is 5.86. The molecular weight excluding hydrogens is 242 g/mol. The van der Waals surface area contributed by atoms with Crippen molar-refractivity contribution >= 4 is 16.9 Å². The lowest BCUT2D eigenvalue weighted by Crippen LogP contribution is -2.39. The van der Waals surface area contributed by atoms with Crippen molar-refractivity contribution in [1.29, 1.82) is 0 Å². The molecule has 0 saturated carbocycles. The predicted molar refractivity (Wildman–Crippen MR) is 73.1 cm³/mol.